The summed E-state index contributed by atoms with van der Waals surface area (Å²) in [6, 6.07) is 2.93. The number of hydrogen-bond donors (Lipinski definition) is 1. The van der Waals surface area contributed by atoms with Crippen molar-refractivity contribution in [2.75, 3.05) is 13.7 Å². The van der Waals surface area contributed by atoms with E-state index in [1.807, 2.05) is 27.7 Å². The van der Waals surface area contributed by atoms with Crippen LogP contribution in [-0.2, 0) is 20.2 Å². The highest BCUT2D eigenvalue weighted by Crippen LogP contribution is 2.42. The number of hydrogen-bond acceptors (Lipinski definition) is 8. The van der Waals surface area contributed by atoms with Crippen molar-refractivity contribution in [2.45, 2.75) is 123 Å². The molecule has 48 heavy (non-hydrogen) atoms. The van der Waals surface area contributed by atoms with Gasteiger partial charge in [0.2, 0.25) is 11.8 Å². The van der Waals surface area contributed by atoms with Gasteiger partial charge in [0.15, 0.2) is 11.5 Å². The van der Waals surface area contributed by atoms with Gasteiger partial charge in [0.1, 0.15) is 24.0 Å². The second kappa shape index (κ2) is 14.1. The zero-order valence-corrected chi connectivity index (χ0v) is 29.2. The number of methoxy groups -OCH3 is 1. The summed E-state index contributed by atoms with van der Waals surface area (Å²) in [5.74, 6) is -4.20. The Morgan fingerprint density at radius 2 is 1.81 bits per heavy atom. The monoisotopic (exact) mass is 672 g/mol. The number of alkyl halides is 2. The molecule has 264 valence electrons. The van der Waals surface area contributed by atoms with Crippen molar-refractivity contribution >= 4 is 28.8 Å². The lowest BCUT2D eigenvalue weighted by molar-refractivity contribution is -0.141. The fourth-order valence-corrected chi connectivity index (χ4v) is 7.85. The number of ether oxygens (including phenoxy) is 3. The molecule has 1 N–H and O–H groups in total. The van der Waals surface area contributed by atoms with Gasteiger partial charge in [-0.3, -0.25) is 9.59 Å². The molecular weight excluding hydrogens is 622 g/mol. The SMILES string of the molecule is CC[C@@H]1[C@@H]2CN(C(=O)[C@H](C(C)(C)C)NC(=O)O[C@@H]3CCC[C@H](C)[C@H]3CCCCC(F)(F)c3nc4ccc(OC)cc4nc3O2)[C@@H]1C(C)=O. The highest BCUT2D eigenvalue weighted by atomic mass is 19.3. The molecule has 1 saturated carbocycles. The van der Waals surface area contributed by atoms with Crippen molar-refractivity contribution in [1.82, 2.24) is 20.2 Å². The highest BCUT2D eigenvalue weighted by Gasteiger charge is 2.51. The van der Waals surface area contributed by atoms with Crippen molar-refractivity contribution < 1.29 is 37.4 Å². The van der Waals surface area contributed by atoms with Crippen molar-refractivity contribution in [3.8, 4) is 11.6 Å². The van der Waals surface area contributed by atoms with Crippen LogP contribution in [-0.4, -0.2) is 70.6 Å². The van der Waals surface area contributed by atoms with Gasteiger partial charge in [-0.1, -0.05) is 47.5 Å². The van der Waals surface area contributed by atoms with Crippen LogP contribution in [0.25, 0.3) is 11.0 Å². The molecule has 2 aromatic rings. The summed E-state index contributed by atoms with van der Waals surface area (Å²) in [5.41, 5.74) is -0.707. The number of aromatic nitrogens is 2. The molecule has 2 bridgehead atoms. The molecule has 2 amide bonds. The molecule has 7 atom stereocenters. The van der Waals surface area contributed by atoms with Gasteiger partial charge in [-0.15, -0.1) is 0 Å². The summed E-state index contributed by atoms with van der Waals surface area (Å²) in [4.78, 5) is 51.4. The Balaban J connectivity index is 1.61. The third kappa shape index (κ3) is 7.37. The van der Waals surface area contributed by atoms with E-state index in [2.05, 4.69) is 22.2 Å². The lowest BCUT2D eigenvalue weighted by Crippen LogP contribution is -2.57. The van der Waals surface area contributed by atoms with E-state index in [0.717, 1.165) is 12.8 Å². The predicted molar refractivity (Wildman–Crippen MR) is 176 cm³/mol. The molecule has 1 aliphatic carbocycles. The molecule has 3 heterocycles. The van der Waals surface area contributed by atoms with Gasteiger partial charge in [-0.2, -0.15) is 8.78 Å². The molecule has 2 aliphatic heterocycles. The largest absolute Gasteiger partial charge is 0.497 e. The van der Waals surface area contributed by atoms with Gasteiger partial charge in [0, 0.05) is 18.4 Å². The number of halogens is 2. The summed E-state index contributed by atoms with van der Waals surface area (Å²) in [6.07, 6.45) is 1.92. The molecule has 2 fully saturated rings. The summed E-state index contributed by atoms with van der Waals surface area (Å²) in [6.45, 7) is 10.8. The van der Waals surface area contributed by atoms with Crippen LogP contribution in [0, 0.1) is 23.2 Å². The maximum absolute atomic E-state index is 16.2. The van der Waals surface area contributed by atoms with Gasteiger partial charge in [0.25, 0.3) is 5.92 Å². The van der Waals surface area contributed by atoms with Gasteiger partial charge in [-0.25, -0.2) is 14.8 Å². The zero-order chi connectivity index (χ0) is 35.0. The Kier molecular flexibility index (Phi) is 10.5. The molecule has 1 aromatic heterocycles. The van der Waals surface area contributed by atoms with Crippen LogP contribution in [0.15, 0.2) is 18.2 Å². The smallest absolute Gasteiger partial charge is 0.408 e. The van der Waals surface area contributed by atoms with Crippen LogP contribution in [0.4, 0.5) is 13.6 Å². The van der Waals surface area contributed by atoms with Gasteiger partial charge in [0.05, 0.1) is 30.7 Å². The van der Waals surface area contributed by atoms with Crippen LogP contribution >= 0.6 is 0 Å². The topological polar surface area (TPSA) is 120 Å². The first kappa shape index (κ1) is 35.7. The van der Waals surface area contributed by atoms with Crippen LogP contribution in [0.3, 0.4) is 0 Å². The van der Waals surface area contributed by atoms with Crippen LogP contribution in [0.2, 0.25) is 0 Å². The van der Waals surface area contributed by atoms with Crippen molar-refractivity contribution in [1.29, 1.82) is 0 Å². The lowest BCUT2D eigenvalue weighted by atomic mass is 9.75. The van der Waals surface area contributed by atoms with E-state index in [1.54, 1.807) is 18.2 Å². The van der Waals surface area contributed by atoms with Crippen LogP contribution in [0.1, 0.15) is 98.6 Å². The van der Waals surface area contributed by atoms with E-state index in [0.29, 0.717) is 36.9 Å². The Labute approximate surface area is 281 Å². The Hall–Kier alpha value is -3.57. The number of ketones is 1. The number of alkyl carbamates (subject to hydrolysis) is 1. The number of fused-ring (bicyclic) bond motifs is 5. The van der Waals surface area contributed by atoms with Crippen molar-refractivity contribution in [3.63, 3.8) is 0 Å². The first-order valence-corrected chi connectivity index (χ1v) is 17.3. The third-order valence-corrected chi connectivity index (χ3v) is 10.5. The van der Waals surface area contributed by atoms with Crippen LogP contribution in [0.5, 0.6) is 11.6 Å². The van der Waals surface area contributed by atoms with E-state index >= 15 is 8.78 Å². The van der Waals surface area contributed by atoms with E-state index in [-0.39, 0.29) is 42.0 Å². The van der Waals surface area contributed by atoms with Crippen molar-refractivity contribution in [2.24, 2.45) is 23.2 Å². The number of benzene rings is 1. The second-order valence-electron chi connectivity index (χ2n) is 14.9. The van der Waals surface area contributed by atoms with Gasteiger partial charge >= 0.3 is 6.09 Å². The van der Waals surface area contributed by atoms with E-state index < -0.39 is 65.7 Å². The molecule has 1 saturated heterocycles. The Morgan fingerprint density at radius 3 is 2.48 bits per heavy atom. The van der Waals surface area contributed by atoms with E-state index in [1.165, 1.54) is 18.9 Å². The number of amides is 2. The number of rotatable bonds is 3. The first-order chi connectivity index (χ1) is 22.6. The summed E-state index contributed by atoms with van der Waals surface area (Å²) in [5, 5.41) is 2.85. The Bertz CT molecular complexity index is 1510. The summed E-state index contributed by atoms with van der Waals surface area (Å²) < 4.78 is 50.2. The minimum atomic E-state index is -3.37. The van der Waals surface area contributed by atoms with Gasteiger partial charge in [-0.05, 0) is 68.4 Å². The number of Topliss-reactive ketones (excluding diaryl/α,β-unsaturated/α-hetero) is 1. The number of carbonyl (C=O) groups is 3. The standard InChI is InChI=1S/C36H50F2N4O6/c1-8-23-28-19-42(29(23)21(3)43)33(44)31(35(4,5)6)41-34(45)48-27-14-11-12-20(2)24(27)13-9-10-17-36(37,38)30-32(47-28)40-26-18-22(46-7)15-16-25(26)39-30/h15-16,18,20,23-24,27-29,31H,8-14,17,19H2,1-7H3,(H,41,45)/t20-,23+,24+,27+,28-,29+,31+/m0/s1. The van der Waals surface area contributed by atoms with Crippen molar-refractivity contribution in [3.05, 3.63) is 23.9 Å². The molecule has 3 aliphatic rings. The minimum Gasteiger partial charge on any atom is -0.497 e. The second-order valence-corrected chi connectivity index (χ2v) is 14.9. The van der Waals surface area contributed by atoms with Crippen LogP contribution < -0.4 is 14.8 Å². The zero-order valence-electron chi connectivity index (χ0n) is 29.2. The average molecular weight is 673 g/mol. The molecule has 12 heteroatoms. The first-order valence-electron chi connectivity index (χ1n) is 17.3. The molecule has 10 nitrogen and oxygen atoms in total. The summed E-state index contributed by atoms with van der Waals surface area (Å²) in [7, 11) is 1.50. The number of carbonyl (C=O) groups excluding carboxylic acids is 3. The fourth-order valence-electron chi connectivity index (χ4n) is 7.85. The molecular formula is C36H50F2N4O6. The highest BCUT2D eigenvalue weighted by molar-refractivity contribution is 5.92. The third-order valence-electron chi connectivity index (χ3n) is 10.5. The fraction of sp³-hybridized carbons (Fsp3) is 0.694. The quantitative estimate of drug-likeness (QED) is 0.377. The molecule has 0 spiro atoms. The summed E-state index contributed by atoms with van der Waals surface area (Å²) >= 11 is 0. The maximum atomic E-state index is 16.2. The predicted octanol–water partition coefficient (Wildman–Crippen LogP) is 6.82. The van der Waals surface area contributed by atoms with Gasteiger partial charge < -0.3 is 24.4 Å². The maximum Gasteiger partial charge on any atom is 0.408 e. The normalized spacial score (nSPS) is 30.2. The lowest BCUT2D eigenvalue weighted by Gasteiger charge is -2.38. The average Bonchev–Trinajstić information content (AvgIpc) is 3.39. The van der Waals surface area contributed by atoms with E-state index in [4.69, 9.17) is 14.2 Å². The molecule has 5 rings (SSSR count). The van der Waals surface area contributed by atoms with E-state index in [9.17, 15) is 14.4 Å². The minimum absolute atomic E-state index is 0.00174. The number of nitrogens with one attached hydrogen (secondary N) is 1. The molecule has 0 unspecified atom stereocenters. The Morgan fingerprint density at radius 1 is 1.06 bits per heavy atom. The number of nitrogens with zero attached hydrogens (tertiary/aromatic N) is 3. The molecule has 1 aromatic carbocycles. The molecule has 0 radical (unpaired) electrons.